The van der Waals surface area contributed by atoms with Gasteiger partial charge in [0.25, 0.3) is 5.69 Å². The van der Waals surface area contributed by atoms with Gasteiger partial charge in [0.05, 0.1) is 28.5 Å². The lowest BCUT2D eigenvalue weighted by Crippen LogP contribution is -2.17. The zero-order valence-electron chi connectivity index (χ0n) is 16.8. The van der Waals surface area contributed by atoms with Crippen LogP contribution in [-0.4, -0.2) is 22.5 Å². The Balaban J connectivity index is 1.97. The number of carbonyl (C=O) groups is 1. The Kier molecular flexibility index (Phi) is 5.57. The van der Waals surface area contributed by atoms with Gasteiger partial charge in [-0.2, -0.15) is 0 Å². The van der Waals surface area contributed by atoms with Crippen molar-refractivity contribution in [1.82, 2.24) is 4.98 Å². The highest BCUT2D eigenvalue weighted by atomic mass is 16.6. The summed E-state index contributed by atoms with van der Waals surface area (Å²) >= 11 is 0. The van der Waals surface area contributed by atoms with Crippen LogP contribution in [0.4, 0.5) is 5.69 Å². The number of benzene rings is 2. The molecule has 0 saturated heterocycles. The molecule has 0 radical (unpaired) electrons. The normalized spacial score (nSPS) is 12.8. The zero-order chi connectivity index (χ0) is 21.1. The zero-order valence-corrected chi connectivity index (χ0v) is 16.8. The van der Waals surface area contributed by atoms with Crippen LogP contribution in [0, 0.1) is 10.1 Å². The van der Waals surface area contributed by atoms with E-state index in [9.17, 15) is 14.9 Å². The largest absolute Gasteiger partial charge is 0.462 e. The molecule has 0 spiro atoms. The number of hydrogen-bond donors (Lipinski definition) is 0. The van der Waals surface area contributed by atoms with E-state index in [0.717, 1.165) is 53.6 Å². The van der Waals surface area contributed by atoms with E-state index < -0.39 is 4.92 Å². The van der Waals surface area contributed by atoms with Crippen molar-refractivity contribution in [2.75, 3.05) is 6.61 Å². The molecule has 0 atom stereocenters. The predicted molar refractivity (Wildman–Crippen MR) is 114 cm³/mol. The second-order valence-corrected chi connectivity index (χ2v) is 7.24. The number of carbonyl (C=O) groups excluding carboxylic acids is 1. The molecule has 152 valence electrons. The summed E-state index contributed by atoms with van der Waals surface area (Å²) < 4.78 is 5.39. The molecule has 0 aliphatic heterocycles. The second kappa shape index (κ2) is 8.45. The summed E-state index contributed by atoms with van der Waals surface area (Å²) in [5.41, 5.74) is 5.65. The van der Waals surface area contributed by atoms with Gasteiger partial charge >= 0.3 is 5.97 Å². The summed E-state index contributed by atoms with van der Waals surface area (Å²) in [6, 6.07) is 16.1. The summed E-state index contributed by atoms with van der Waals surface area (Å²) in [7, 11) is 0. The van der Waals surface area contributed by atoms with Crippen LogP contribution in [0.5, 0.6) is 0 Å². The van der Waals surface area contributed by atoms with Gasteiger partial charge in [-0.3, -0.25) is 10.1 Å². The first-order valence-corrected chi connectivity index (χ1v) is 10.1. The number of pyridine rings is 1. The highest BCUT2D eigenvalue weighted by Crippen LogP contribution is 2.38. The van der Waals surface area contributed by atoms with Crippen molar-refractivity contribution in [3.05, 3.63) is 81.4 Å². The van der Waals surface area contributed by atoms with Gasteiger partial charge in [-0.15, -0.1) is 0 Å². The number of aromatic nitrogens is 1. The lowest BCUT2D eigenvalue weighted by Gasteiger charge is -2.24. The van der Waals surface area contributed by atoms with Crippen molar-refractivity contribution in [1.29, 1.82) is 0 Å². The highest BCUT2D eigenvalue weighted by Gasteiger charge is 2.28. The fraction of sp³-hybridized carbons (Fsp3) is 0.250. The molecular weight excluding hydrogens is 380 g/mol. The number of esters is 1. The van der Waals surface area contributed by atoms with E-state index in [1.165, 1.54) is 12.1 Å². The van der Waals surface area contributed by atoms with E-state index in [2.05, 4.69) is 0 Å². The molecule has 1 aliphatic carbocycles. The van der Waals surface area contributed by atoms with Gasteiger partial charge in [-0.25, -0.2) is 9.78 Å². The van der Waals surface area contributed by atoms with Gasteiger partial charge in [0.1, 0.15) is 0 Å². The number of hydrogen-bond acceptors (Lipinski definition) is 5. The Hall–Kier alpha value is -3.54. The second-order valence-electron chi connectivity index (χ2n) is 7.24. The maximum Gasteiger partial charge on any atom is 0.340 e. The first-order valence-electron chi connectivity index (χ1n) is 10.1. The molecule has 30 heavy (non-hydrogen) atoms. The molecule has 0 fully saturated rings. The number of nitro groups is 1. The third kappa shape index (κ3) is 3.68. The molecule has 0 N–H and O–H groups in total. The molecule has 1 aliphatic rings. The third-order valence-electron chi connectivity index (χ3n) is 5.39. The minimum atomic E-state index is -0.411. The van der Waals surface area contributed by atoms with Crippen LogP contribution in [-0.2, 0) is 17.6 Å². The molecule has 0 bridgehead atoms. The smallest absolute Gasteiger partial charge is 0.340 e. The standard InChI is InChI=1S/C24H22N2O4/c1-2-30-24(27)21-19-10-6-7-11-20(19)22(17-12-14-18(15-13-17)26(28)29)25-23(21)16-8-4-3-5-9-16/h3-5,8-9,12-15H,2,6-7,10-11H2,1H3. The average molecular weight is 402 g/mol. The van der Waals surface area contributed by atoms with E-state index in [1.54, 1.807) is 19.1 Å². The van der Waals surface area contributed by atoms with Gasteiger partial charge in [-0.1, -0.05) is 30.3 Å². The molecule has 1 aromatic heterocycles. The van der Waals surface area contributed by atoms with E-state index in [4.69, 9.17) is 9.72 Å². The molecule has 1 heterocycles. The highest BCUT2D eigenvalue weighted by molar-refractivity contribution is 5.99. The molecule has 6 heteroatoms. The Morgan fingerprint density at radius 2 is 1.60 bits per heavy atom. The van der Waals surface area contributed by atoms with Crippen LogP contribution in [0.3, 0.4) is 0 Å². The number of fused-ring (bicyclic) bond motifs is 1. The summed E-state index contributed by atoms with van der Waals surface area (Å²) in [5.74, 6) is -0.350. The minimum absolute atomic E-state index is 0.0408. The number of rotatable bonds is 5. The van der Waals surface area contributed by atoms with Crippen molar-refractivity contribution in [2.24, 2.45) is 0 Å². The van der Waals surface area contributed by atoms with Gasteiger partial charge < -0.3 is 4.74 Å². The molecule has 4 rings (SSSR count). The lowest BCUT2D eigenvalue weighted by atomic mass is 9.84. The summed E-state index contributed by atoms with van der Waals surface area (Å²) in [4.78, 5) is 28.5. The topological polar surface area (TPSA) is 82.3 Å². The van der Waals surface area contributed by atoms with E-state index in [1.807, 2.05) is 30.3 Å². The Morgan fingerprint density at radius 1 is 0.967 bits per heavy atom. The van der Waals surface area contributed by atoms with Gasteiger partial charge in [-0.05, 0) is 55.9 Å². The molecule has 0 saturated carbocycles. The molecule has 0 unspecified atom stereocenters. The number of nitro benzene ring substituents is 1. The van der Waals surface area contributed by atoms with E-state index in [0.29, 0.717) is 17.9 Å². The van der Waals surface area contributed by atoms with Gasteiger partial charge in [0, 0.05) is 23.3 Å². The van der Waals surface area contributed by atoms with Gasteiger partial charge in [0.2, 0.25) is 0 Å². The maximum atomic E-state index is 12.9. The summed E-state index contributed by atoms with van der Waals surface area (Å²) in [5, 5.41) is 11.0. The van der Waals surface area contributed by atoms with Crippen LogP contribution in [0.1, 0.15) is 41.3 Å². The molecule has 2 aromatic carbocycles. The SMILES string of the molecule is CCOC(=O)c1c(-c2ccccc2)nc(-c2ccc([N+](=O)[O-])cc2)c2c1CCCC2. The summed E-state index contributed by atoms with van der Waals surface area (Å²) in [6.07, 6.45) is 3.61. The van der Waals surface area contributed by atoms with Crippen molar-refractivity contribution in [3.63, 3.8) is 0 Å². The Labute approximate surface area is 174 Å². The van der Waals surface area contributed by atoms with Crippen LogP contribution in [0.25, 0.3) is 22.5 Å². The van der Waals surface area contributed by atoms with Crippen molar-refractivity contribution in [2.45, 2.75) is 32.6 Å². The molecule has 0 amide bonds. The minimum Gasteiger partial charge on any atom is -0.462 e. The Morgan fingerprint density at radius 3 is 2.23 bits per heavy atom. The van der Waals surface area contributed by atoms with Crippen molar-refractivity contribution in [3.8, 4) is 22.5 Å². The van der Waals surface area contributed by atoms with E-state index in [-0.39, 0.29) is 11.7 Å². The van der Waals surface area contributed by atoms with Crippen molar-refractivity contribution >= 4 is 11.7 Å². The average Bonchev–Trinajstić information content (AvgIpc) is 2.78. The maximum absolute atomic E-state index is 12.9. The predicted octanol–water partition coefficient (Wildman–Crippen LogP) is 5.38. The first kappa shape index (κ1) is 19.8. The lowest BCUT2D eigenvalue weighted by molar-refractivity contribution is -0.384. The molecule has 6 nitrogen and oxygen atoms in total. The fourth-order valence-electron chi connectivity index (χ4n) is 4.03. The van der Waals surface area contributed by atoms with Crippen LogP contribution >= 0.6 is 0 Å². The van der Waals surface area contributed by atoms with Crippen LogP contribution < -0.4 is 0 Å². The molecular formula is C24H22N2O4. The number of ether oxygens (including phenoxy) is 1. The Bertz CT molecular complexity index is 1090. The molecule has 3 aromatic rings. The monoisotopic (exact) mass is 402 g/mol. The first-order chi connectivity index (χ1) is 14.6. The van der Waals surface area contributed by atoms with Gasteiger partial charge in [0.15, 0.2) is 0 Å². The number of nitrogens with zero attached hydrogens (tertiary/aromatic N) is 2. The third-order valence-corrected chi connectivity index (χ3v) is 5.39. The summed E-state index contributed by atoms with van der Waals surface area (Å²) in [6.45, 7) is 2.09. The quantitative estimate of drug-likeness (QED) is 0.325. The number of non-ortho nitro benzene ring substituents is 1. The fourth-order valence-corrected chi connectivity index (χ4v) is 4.03. The van der Waals surface area contributed by atoms with Crippen LogP contribution in [0.15, 0.2) is 54.6 Å². The van der Waals surface area contributed by atoms with Crippen molar-refractivity contribution < 1.29 is 14.5 Å². The van der Waals surface area contributed by atoms with E-state index >= 15 is 0 Å². The van der Waals surface area contributed by atoms with Crippen LogP contribution in [0.2, 0.25) is 0 Å².